The number of benzene rings is 2. The molecule has 2 aromatic rings. The summed E-state index contributed by atoms with van der Waals surface area (Å²) in [6.07, 6.45) is 0. The third kappa shape index (κ3) is 3.20. The van der Waals surface area contributed by atoms with Crippen LogP contribution < -0.4 is 10.5 Å². The van der Waals surface area contributed by atoms with E-state index in [4.69, 9.17) is 10.5 Å². The van der Waals surface area contributed by atoms with Gasteiger partial charge in [0.05, 0.1) is 0 Å². The van der Waals surface area contributed by atoms with Gasteiger partial charge in [-0.2, -0.15) is 0 Å². The van der Waals surface area contributed by atoms with Gasteiger partial charge in [-0.3, -0.25) is 0 Å². The van der Waals surface area contributed by atoms with E-state index in [0.29, 0.717) is 12.5 Å². The van der Waals surface area contributed by atoms with Gasteiger partial charge >= 0.3 is 0 Å². The van der Waals surface area contributed by atoms with Crippen LogP contribution in [0, 0.1) is 13.8 Å². The van der Waals surface area contributed by atoms with Crippen LogP contribution in [0.15, 0.2) is 36.4 Å². The van der Waals surface area contributed by atoms with Crippen molar-refractivity contribution in [3.8, 4) is 11.5 Å². The van der Waals surface area contributed by atoms with Crippen molar-refractivity contribution in [3.05, 3.63) is 58.7 Å². The molecule has 0 heterocycles. The lowest BCUT2D eigenvalue weighted by Crippen LogP contribution is -2.00. The van der Waals surface area contributed by atoms with Crippen LogP contribution in [0.3, 0.4) is 0 Å². The topological polar surface area (TPSA) is 35.2 Å². The Labute approximate surface area is 121 Å². The van der Waals surface area contributed by atoms with Crippen molar-refractivity contribution in [2.24, 2.45) is 5.73 Å². The van der Waals surface area contributed by atoms with Gasteiger partial charge in [0.25, 0.3) is 0 Å². The second-order valence-corrected chi connectivity index (χ2v) is 5.59. The summed E-state index contributed by atoms with van der Waals surface area (Å²) in [6.45, 7) is 9.08. The molecule has 0 aliphatic rings. The molecule has 2 aromatic carbocycles. The van der Waals surface area contributed by atoms with E-state index >= 15 is 0 Å². The first kappa shape index (κ1) is 14.6. The molecule has 0 fully saturated rings. The van der Waals surface area contributed by atoms with Crippen molar-refractivity contribution in [1.82, 2.24) is 0 Å². The first-order valence-electron chi connectivity index (χ1n) is 7.09. The maximum atomic E-state index is 5.99. The highest BCUT2D eigenvalue weighted by atomic mass is 16.5. The number of rotatable bonds is 4. The highest BCUT2D eigenvalue weighted by Gasteiger charge is 2.07. The summed E-state index contributed by atoms with van der Waals surface area (Å²) >= 11 is 0. The van der Waals surface area contributed by atoms with Crippen LogP contribution in [-0.2, 0) is 6.54 Å². The third-order valence-corrected chi connectivity index (χ3v) is 3.53. The van der Waals surface area contributed by atoms with Gasteiger partial charge in [-0.15, -0.1) is 0 Å². The van der Waals surface area contributed by atoms with Gasteiger partial charge in [-0.05, 0) is 49.1 Å². The molecule has 2 N–H and O–H groups in total. The van der Waals surface area contributed by atoms with E-state index in [1.165, 1.54) is 16.7 Å². The SMILES string of the molecule is Cc1ccc(Oc2ccc(C(C)C)c(C)c2)c(CN)c1. The molecule has 0 aliphatic carbocycles. The molecule has 0 bridgehead atoms. The summed E-state index contributed by atoms with van der Waals surface area (Å²) < 4.78 is 5.99. The number of ether oxygens (including phenoxy) is 1. The number of hydrogen-bond acceptors (Lipinski definition) is 2. The highest BCUT2D eigenvalue weighted by Crippen LogP contribution is 2.29. The van der Waals surface area contributed by atoms with Crippen molar-refractivity contribution in [1.29, 1.82) is 0 Å². The predicted molar refractivity (Wildman–Crippen MR) is 84.4 cm³/mol. The summed E-state index contributed by atoms with van der Waals surface area (Å²) in [4.78, 5) is 0. The fourth-order valence-corrected chi connectivity index (χ4v) is 2.45. The van der Waals surface area contributed by atoms with Gasteiger partial charge in [0.2, 0.25) is 0 Å². The fourth-order valence-electron chi connectivity index (χ4n) is 2.45. The molecule has 0 amide bonds. The maximum Gasteiger partial charge on any atom is 0.131 e. The number of aryl methyl sites for hydroxylation is 2. The number of hydrogen-bond donors (Lipinski definition) is 1. The third-order valence-electron chi connectivity index (χ3n) is 3.53. The molecule has 2 nitrogen and oxygen atoms in total. The van der Waals surface area contributed by atoms with Crippen molar-refractivity contribution in [3.63, 3.8) is 0 Å². The van der Waals surface area contributed by atoms with E-state index in [1.54, 1.807) is 0 Å². The van der Waals surface area contributed by atoms with Gasteiger partial charge in [-0.1, -0.05) is 37.6 Å². The van der Waals surface area contributed by atoms with Crippen molar-refractivity contribution in [2.45, 2.75) is 40.2 Å². The average Bonchev–Trinajstić information content (AvgIpc) is 2.40. The summed E-state index contributed by atoms with van der Waals surface area (Å²) in [5.41, 5.74) is 10.6. The molecule has 0 aromatic heterocycles. The predicted octanol–water partition coefficient (Wildman–Crippen LogP) is 4.68. The average molecular weight is 269 g/mol. The summed E-state index contributed by atoms with van der Waals surface area (Å²) in [7, 11) is 0. The molecule has 0 saturated carbocycles. The second-order valence-electron chi connectivity index (χ2n) is 5.59. The molecule has 2 heteroatoms. The monoisotopic (exact) mass is 269 g/mol. The largest absolute Gasteiger partial charge is 0.457 e. The lowest BCUT2D eigenvalue weighted by atomic mass is 9.98. The minimum Gasteiger partial charge on any atom is -0.457 e. The van der Waals surface area contributed by atoms with Crippen LogP contribution in [0.4, 0.5) is 0 Å². The molecule has 0 atom stereocenters. The Kier molecular flexibility index (Phi) is 4.46. The molecule has 0 radical (unpaired) electrons. The molecule has 106 valence electrons. The Hall–Kier alpha value is -1.80. The molecular weight excluding hydrogens is 246 g/mol. The van der Waals surface area contributed by atoms with Gasteiger partial charge in [0, 0.05) is 12.1 Å². The quantitative estimate of drug-likeness (QED) is 0.874. The lowest BCUT2D eigenvalue weighted by molar-refractivity contribution is 0.475. The zero-order valence-electron chi connectivity index (χ0n) is 12.7. The lowest BCUT2D eigenvalue weighted by Gasteiger charge is -2.14. The van der Waals surface area contributed by atoms with Crippen LogP contribution in [0.25, 0.3) is 0 Å². The van der Waals surface area contributed by atoms with Crippen LogP contribution in [0.1, 0.15) is 42.0 Å². The molecule has 0 unspecified atom stereocenters. The zero-order chi connectivity index (χ0) is 14.7. The van der Waals surface area contributed by atoms with Crippen molar-refractivity contribution >= 4 is 0 Å². The molecule has 2 rings (SSSR count). The van der Waals surface area contributed by atoms with Crippen LogP contribution in [0.2, 0.25) is 0 Å². The second kappa shape index (κ2) is 6.10. The van der Waals surface area contributed by atoms with Gasteiger partial charge in [0.1, 0.15) is 11.5 Å². The molecule has 0 aliphatic heterocycles. The van der Waals surface area contributed by atoms with Gasteiger partial charge in [-0.25, -0.2) is 0 Å². The van der Waals surface area contributed by atoms with Crippen LogP contribution >= 0.6 is 0 Å². The standard InChI is InChI=1S/C18H23NO/c1-12(2)17-7-6-16(10-14(17)4)20-18-8-5-13(3)9-15(18)11-19/h5-10,12H,11,19H2,1-4H3. The number of nitrogens with two attached hydrogens (primary N) is 1. The fraction of sp³-hybridized carbons (Fsp3) is 0.333. The van der Waals surface area contributed by atoms with Gasteiger partial charge in [0.15, 0.2) is 0 Å². The van der Waals surface area contributed by atoms with E-state index in [9.17, 15) is 0 Å². The Morgan fingerprint density at radius 1 is 1.05 bits per heavy atom. The minimum atomic E-state index is 0.486. The molecule has 0 saturated heterocycles. The molecule has 20 heavy (non-hydrogen) atoms. The Morgan fingerprint density at radius 3 is 2.40 bits per heavy atom. The van der Waals surface area contributed by atoms with Crippen LogP contribution in [0.5, 0.6) is 11.5 Å². The Balaban J connectivity index is 2.28. The Morgan fingerprint density at radius 2 is 1.80 bits per heavy atom. The molecular formula is C18H23NO. The van der Waals surface area contributed by atoms with E-state index in [-0.39, 0.29) is 0 Å². The summed E-state index contributed by atoms with van der Waals surface area (Å²) in [5, 5.41) is 0. The summed E-state index contributed by atoms with van der Waals surface area (Å²) in [6, 6.07) is 12.4. The van der Waals surface area contributed by atoms with E-state index in [1.807, 2.05) is 18.2 Å². The summed E-state index contributed by atoms with van der Waals surface area (Å²) in [5.74, 6) is 2.24. The van der Waals surface area contributed by atoms with E-state index < -0.39 is 0 Å². The smallest absolute Gasteiger partial charge is 0.131 e. The highest BCUT2D eigenvalue weighted by molar-refractivity contribution is 5.42. The van der Waals surface area contributed by atoms with Crippen molar-refractivity contribution in [2.75, 3.05) is 0 Å². The zero-order valence-corrected chi connectivity index (χ0v) is 12.7. The van der Waals surface area contributed by atoms with E-state index in [2.05, 4.69) is 45.9 Å². The molecule has 0 spiro atoms. The first-order valence-corrected chi connectivity index (χ1v) is 7.09. The minimum absolute atomic E-state index is 0.486. The van der Waals surface area contributed by atoms with Crippen LogP contribution in [-0.4, -0.2) is 0 Å². The van der Waals surface area contributed by atoms with E-state index in [0.717, 1.165) is 17.1 Å². The normalized spacial score (nSPS) is 10.9. The first-order chi connectivity index (χ1) is 9.51. The van der Waals surface area contributed by atoms with Gasteiger partial charge < -0.3 is 10.5 Å². The Bertz CT molecular complexity index is 602. The maximum absolute atomic E-state index is 5.99. The van der Waals surface area contributed by atoms with Crippen molar-refractivity contribution < 1.29 is 4.74 Å².